The van der Waals surface area contributed by atoms with Gasteiger partial charge in [0.15, 0.2) is 0 Å². The van der Waals surface area contributed by atoms with Gasteiger partial charge in [0.2, 0.25) is 0 Å². The summed E-state index contributed by atoms with van der Waals surface area (Å²) in [5.41, 5.74) is 1.66. The molecule has 3 nitrogen and oxygen atoms in total. The number of aliphatic hydroxyl groups is 1. The third-order valence-corrected chi connectivity index (χ3v) is 4.05. The number of hydrogen-bond acceptors (Lipinski definition) is 3. The SMILES string of the molecule is COc1ccc(CC(O)c2cc(Cl)ccc2OC)cc1Br. The van der Waals surface area contributed by atoms with Crippen molar-refractivity contribution in [3.63, 3.8) is 0 Å². The van der Waals surface area contributed by atoms with Crippen molar-refractivity contribution >= 4 is 27.5 Å². The summed E-state index contributed by atoms with van der Waals surface area (Å²) >= 11 is 9.44. The first-order valence-corrected chi connectivity index (χ1v) is 7.56. The molecule has 0 fully saturated rings. The fourth-order valence-corrected chi connectivity index (χ4v) is 2.90. The maximum Gasteiger partial charge on any atom is 0.133 e. The van der Waals surface area contributed by atoms with Crippen LogP contribution < -0.4 is 9.47 Å². The second kappa shape index (κ2) is 7.16. The normalized spacial score (nSPS) is 12.0. The Balaban J connectivity index is 2.23. The number of aliphatic hydroxyl groups excluding tert-OH is 1. The largest absolute Gasteiger partial charge is 0.496 e. The third kappa shape index (κ3) is 3.90. The Morgan fingerprint density at radius 2 is 1.76 bits per heavy atom. The van der Waals surface area contributed by atoms with Crippen LogP contribution in [0.15, 0.2) is 40.9 Å². The van der Waals surface area contributed by atoms with E-state index in [1.54, 1.807) is 32.4 Å². The third-order valence-electron chi connectivity index (χ3n) is 3.20. The highest BCUT2D eigenvalue weighted by Gasteiger charge is 2.15. The van der Waals surface area contributed by atoms with Crippen molar-refractivity contribution in [1.29, 1.82) is 0 Å². The maximum atomic E-state index is 10.4. The van der Waals surface area contributed by atoms with Crippen molar-refractivity contribution in [2.24, 2.45) is 0 Å². The van der Waals surface area contributed by atoms with Crippen molar-refractivity contribution in [2.75, 3.05) is 14.2 Å². The fourth-order valence-electron chi connectivity index (χ4n) is 2.14. The van der Waals surface area contributed by atoms with E-state index in [4.69, 9.17) is 21.1 Å². The molecule has 2 aromatic carbocycles. The Labute approximate surface area is 137 Å². The zero-order valence-corrected chi connectivity index (χ0v) is 14.1. The van der Waals surface area contributed by atoms with E-state index >= 15 is 0 Å². The Morgan fingerprint density at radius 3 is 2.38 bits per heavy atom. The first-order chi connectivity index (χ1) is 10.0. The Kier molecular flexibility index (Phi) is 5.51. The van der Waals surface area contributed by atoms with Gasteiger partial charge in [0, 0.05) is 17.0 Å². The average molecular weight is 372 g/mol. The summed E-state index contributed by atoms with van der Waals surface area (Å²) < 4.78 is 11.3. The molecule has 0 radical (unpaired) electrons. The average Bonchev–Trinajstić information content (AvgIpc) is 2.47. The number of ether oxygens (including phenoxy) is 2. The molecule has 0 aliphatic heterocycles. The summed E-state index contributed by atoms with van der Waals surface area (Å²) in [6.07, 6.45) is -0.238. The smallest absolute Gasteiger partial charge is 0.133 e. The molecule has 5 heteroatoms. The van der Waals surface area contributed by atoms with Crippen LogP contribution in [0.25, 0.3) is 0 Å². The first-order valence-electron chi connectivity index (χ1n) is 6.39. The van der Waals surface area contributed by atoms with Crippen LogP contribution in [0.1, 0.15) is 17.2 Å². The molecule has 0 amide bonds. The van der Waals surface area contributed by atoms with Crippen LogP contribution in [0.4, 0.5) is 0 Å². The Hall–Kier alpha value is -1.23. The van der Waals surface area contributed by atoms with Crippen LogP contribution in [0.2, 0.25) is 5.02 Å². The monoisotopic (exact) mass is 370 g/mol. The molecule has 1 N–H and O–H groups in total. The molecular weight excluding hydrogens is 356 g/mol. The van der Waals surface area contributed by atoms with Crippen molar-refractivity contribution in [3.05, 3.63) is 57.0 Å². The van der Waals surface area contributed by atoms with Gasteiger partial charge in [-0.15, -0.1) is 0 Å². The number of hydrogen-bond donors (Lipinski definition) is 1. The van der Waals surface area contributed by atoms with Gasteiger partial charge in [0.25, 0.3) is 0 Å². The summed E-state index contributed by atoms with van der Waals surface area (Å²) in [6.45, 7) is 0. The second-order valence-electron chi connectivity index (χ2n) is 4.58. The van der Waals surface area contributed by atoms with Gasteiger partial charge in [-0.25, -0.2) is 0 Å². The lowest BCUT2D eigenvalue weighted by molar-refractivity contribution is 0.174. The zero-order chi connectivity index (χ0) is 15.4. The summed E-state index contributed by atoms with van der Waals surface area (Å²) in [5.74, 6) is 1.38. The van der Waals surface area contributed by atoms with E-state index in [2.05, 4.69) is 15.9 Å². The second-order valence-corrected chi connectivity index (χ2v) is 5.87. The van der Waals surface area contributed by atoms with Crippen molar-refractivity contribution in [3.8, 4) is 11.5 Å². The lowest BCUT2D eigenvalue weighted by Crippen LogP contribution is -2.04. The summed E-state index contributed by atoms with van der Waals surface area (Å²) in [4.78, 5) is 0. The molecular formula is C16H16BrClO3. The molecule has 2 rings (SSSR count). The summed E-state index contributed by atoms with van der Waals surface area (Å²) in [5, 5.41) is 11.0. The van der Waals surface area contributed by atoms with Gasteiger partial charge < -0.3 is 14.6 Å². The van der Waals surface area contributed by atoms with Gasteiger partial charge in [-0.2, -0.15) is 0 Å². The molecule has 0 heterocycles. The predicted octanol–water partition coefficient (Wildman–Crippen LogP) is 4.40. The topological polar surface area (TPSA) is 38.7 Å². The lowest BCUT2D eigenvalue weighted by atomic mass is 10.0. The van der Waals surface area contributed by atoms with Crippen molar-refractivity contribution < 1.29 is 14.6 Å². The minimum atomic E-state index is -0.695. The van der Waals surface area contributed by atoms with E-state index in [-0.39, 0.29) is 0 Å². The number of rotatable bonds is 5. The molecule has 0 aliphatic carbocycles. The van der Waals surface area contributed by atoms with E-state index in [0.717, 1.165) is 15.8 Å². The number of methoxy groups -OCH3 is 2. The van der Waals surface area contributed by atoms with E-state index in [1.807, 2.05) is 18.2 Å². The van der Waals surface area contributed by atoms with Crippen molar-refractivity contribution in [1.82, 2.24) is 0 Å². The van der Waals surface area contributed by atoms with E-state index in [0.29, 0.717) is 22.8 Å². The quantitative estimate of drug-likeness (QED) is 0.847. The molecule has 1 unspecified atom stereocenters. The van der Waals surface area contributed by atoms with E-state index in [9.17, 15) is 5.11 Å². The van der Waals surface area contributed by atoms with Crippen LogP contribution in [0.5, 0.6) is 11.5 Å². The maximum absolute atomic E-state index is 10.4. The van der Waals surface area contributed by atoms with E-state index < -0.39 is 6.10 Å². The molecule has 0 aromatic heterocycles. The van der Waals surface area contributed by atoms with Crippen LogP contribution >= 0.6 is 27.5 Å². The molecule has 112 valence electrons. The van der Waals surface area contributed by atoms with E-state index in [1.165, 1.54) is 0 Å². The molecule has 0 aliphatic rings. The number of halogens is 2. The number of benzene rings is 2. The zero-order valence-electron chi connectivity index (χ0n) is 11.8. The Morgan fingerprint density at radius 1 is 1.10 bits per heavy atom. The minimum Gasteiger partial charge on any atom is -0.496 e. The van der Waals surface area contributed by atoms with Crippen molar-refractivity contribution in [2.45, 2.75) is 12.5 Å². The molecule has 2 aromatic rings. The summed E-state index contributed by atoms with van der Waals surface area (Å²) in [7, 11) is 3.19. The first kappa shape index (κ1) is 16.1. The van der Waals surface area contributed by atoms with Crippen LogP contribution in [0, 0.1) is 0 Å². The minimum absolute atomic E-state index is 0.458. The molecule has 0 saturated carbocycles. The van der Waals surface area contributed by atoms with Crippen LogP contribution in [-0.2, 0) is 6.42 Å². The van der Waals surface area contributed by atoms with Gasteiger partial charge in [-0.05, 0) is 51.8 Å². The summed E-state index contributed by atoms with van der Waals surface area (Å²) in [6, 6.07) is 10.9. The van der Waals surface area contributed by atoms with Gasteiger partial charge in [0.1, 0.15) is 11.5 Å². The van der Waals surface area contributed by atoms with Crippen LogP contribution in [0.3, 0.4) is 0 Å². The highest BCUT2D eigenvalue weighted by molar-refractivity contribution is 9.10. The van der Waals surface area contributed by atoms with Gasteiger partial charge in [0.05, 0.1) is 24.8 Å². The van der Waals surface area contributed by atoms with Gasteiger partial charge >= 0.3 is 0 Å². The van der Waals surface area contributed by atoms with Gasteiger partial charge in [-0.3, -0.25) is 0 Å². The Bertz CT molecular complexity index is 631. The van der Waals surface area contributed by atoms with Gasteiger partial charge in [-0.1, -0.05) is 17.7 Å². The lowest BCUT2D eigenvalue weighted by Gasteiger charge is -2.16. The standard InChI is InChI=1S/C16H16BrClO3/c1-20-15-6-4-11(18)9-12(15)14(19)8-10-3-5-16(21-2)13(17)7-10/h3-7,9,14,19H,8H2,1-2H3. The van der Waals surface area contributed by atoms with Crippen LogP contribution in [-0.4, -0.2) is 19.3 Å². The molecule has 0 spiro atoms. The predicted molar refractivity (Wildman–Crippen MR) is 87.4 cm³/mol. The highest BCUT2D eigenvalue weighted by Crippen LogP contribution is 2.32. The molecule has 21 heavy (non-hydrogen) atoms. The molecule has 0 saturated heterocycles. The fraction of sp³-hybridized carbons (Fsp3) is 0.250. The molecule has 1 atom stereocenters. The highest BCUT2D eigenvalue weighted by atomic mass is 79.9. The molecule has 0 bridgehead atoms.